The van der Waals surface area contributed by atoms with Crippen molar-refractivity contribution in [2.45, 2.75) is 12.9 Å². The van der Waals surface area contributed by atoms with Crippen molar-refractivity contribution in [2.75, 3.05) is 7.11 Å². The number of hydrogen-bond donors (Lipinski definition) is 0. The van der Waals surface area contributed by atoms with Gasteiger partial charge in [0.2, 0.25) is 0 Å². The van der Waals surface area contributed by atoms with E-state index in [1.165, 1.54) is 25.3 Å². The van der Waals surface area contributed by atoms with E-state index in [1.54, 1.807) is 22.8 Å². The Labute approximate surface area is 129 Å². The molecule has 0 N–H and O–H groups in total. The molecule has 0 atom stereocenters. The van der Waals surface area contributed by atoms with Crippen LogP contribution in [0.15, 0.2) is 48.5 Å². The van der Waals surface area contributed by atoms with Crippen molar-refractivity contribution < 1.29 is 22.3 Å². The van der Waals surface area contributed by atoms with Gasteiger partial charge in [0.25, 0.3) is 0 Å². The summed E-state index contributed by atoms with van der Waals surface area (Å²) in [6, 6.07) is 11.1. The molecule has 0 fully saturated rings. The minimum Gasteiger partial charge on any atom is -0.364 e. The standard InChI is InChI=1S/C17H13F4NO/c1-23-10-22-15(11-3-6-14(18)7-4-11)8-12-2-5-13(9-16(12)22)17(19,20)21/h2-9H,10H2,1H3. The zero-order valence-electron chi connectivity index (χ0n) is 12.2. The number of ether oxygens (including phenoxy) is 1. The lowest BCUT2D eigenvalue weighted by molar-refractivity contribution is -0.137. The van der Waals surface area contributed by atoms with Gasteiger partial charge in [0.1, 0.15) is 12.5 Å². The number of nitrogens with zero attached hydrogens (tertiary/aromatic N) is 1. The third-order valence-electron chi connectivity index (χ3n) is 3.63. The molecular weight excluding hydrogens is 310 g/mol. The molecule has 120 valence electrons. The summed E-state index contributed by atoms with van der Waals surface area (Å²) in [7, 11) is 1.47. The second-order valence-electron chi connectivity index (χ2n) is 5.15. The normalized spacial score (nSPS) is 12.0. The van der Waals surface area contributed by atoms with Crippen LogP contribution >= 0.6 is 0 Å². The van der Waals surface area contributed by atoms with Crippen LogP contribution in [0.4, 0.5) is 17.6 Å². The second kappa shape index (κ2) is 5.70. The number of fused-ring (bicyclic) bond motifs is 1. The summed E-state index contributed by atoms with van der Waals surface area (Å²) in [4.78, 5) is 0. The SMILES string of the molecule is COCn1c(-c2ccc(F)cc2)cc2ccc(C(F)(F)F)cc21. The topological polar surface area (TPSA) is 14.2 Å². The Morgan fingerprint density at radius 3 is 2.30 bits per heavy atom. The molecule has 1 heterocycles. The molecule has 23 heavy (non-hydrogen) atoms. The van der Waals surface area contributed by atoms with Gasteiger partial charge in [-0.1, -0.05) is 6.07 Å². The highest BCUT2D eigenvalue weighted by molar-refractivity contribution is 5.87. The Morgan fingerprint density at radius 1 is 1.00 bits per heavy atom. The Bertz CT molecular complexity index is 834. The summed E-state index contributed by atoms with van der Waals surface area (Å²) >= 11 is 0. The van der Waals surface area contributed by atoms with Gasteiger partial charge in [-0.05, 0) is 48.0 Å². The van der Waals surface area contributed by atoms with Crippen LogP contribution in [0.1, 0.15) is 5.56 Å². The molecule has 0 aliphatic rings. The Balaban J connectivity index is 2.22. The highest BCUT2D eigenvalue weighted by Gasteiger charge is 2.31. The van der Waals surface area contributed by atoms with Gasteiger partial charge in [-0.2, -0.15) is 13.2 Å². The molecule has 0 amide bonds. The fourth-order valence-corrected chi connectivity index (χ4v) is 2.56. The smallest absolute Gasteiger partial charge is 0.364 e. The molecule has 0 saturated heterocycles. The second-order valence-corrected chi connectivity index (χ2v) is 5.15. The van der Waals surface area contributed by atoms with Crippen LogP contribution in [0.3, 0.4) is 0 Å². The van der Waals surface area contributed by atoms with Gasteiger partial charge in [0, 0.05) is 12.5 Å². The van der Waals surface area contributed by atoms with E-state index < -0.39 is 11.7 Å². The predicted octanol–water partition coefficient (Wildman–Crippen LogP) is 5.07. The number of hydrogen-bond acceptors (Lipinski definition) is 1. The Kier molecular flexibility index (Phi) is 3.85. The molecule has 0 radical (unpaired) electrons. The van der Waals surface area contributed by atoms with Gasteiger partial charge in [-0.15, -0.1) is 0 Å². The van der Waals surface area contributed by atoms with E-state index in [-0.39, 0.29) is 12.5 Å². The maximum atomic E-state index is 13.1. The molecule has 6 heteroatoms. The summed E-state index contributed by atoms with van der Waals surface area (Å²) in [6.07, 6.45) is -4.41. The molecule has 3 aromatic rings. The lowest BCUT2D eigenvalue weighted by Crippen LogP contribution is -2.06. The highest BCUT2D eigenvalue weighted by Crippen LogP contribution is 2.34. The first kappa shape index (κ1) is 15.6. The largest absolute Gasteiger partial charge is 0.416 e. The first-order valence-corrected chi connectivity index (χ1v) is 6.85. The molecule has 3 rings (SSSR count). The first-order chi connectivity index (χ1) is 10.9. The first-order valence-electron chi connectivity index (χ1n) is 6.85. The van der Waals surface area contributed by atoms with Gasteiger partial charge in [-0.3, -0.25) is 0 Å². The van der Waals surface area contributed by atoms with Crippen LogP contribution in [-0.2, 0) is 17.6 Å². The molecule has 0 aliphatic heterocycles. The zero-order valence-corrected chi connectivity index (χ0v) is 12.2. The molecule has 0 aliphatic carbocycles. The average molecular weight is 323 g/mol. The predicted molar refractivity (Wildman–Crippen MR) is 79.3 cm³/mol. The number of alkyl halides is 3. The Hall–Kier alpha value is -2.34. The number of halogens is 4. The van der Waals surface area contributed by atoms with Crippen LogP contribution in [-0.4, -0.2) is 11.7 Å². The average Bonchev–Trinajstić information content (AvgIpc) is 2.86. The van der Waals surface area contributed by atoms with Gasteiger partial charge in [0.05, 0.1) is 16.8 Å². The summed E-state index contributed by atoms with van der Waals surface area (Å²) in [5.41, 5.74) is 1.07. The van der Waals surface area contributed by atoms with Crippen LogP contribution in [0.25, 0.3) is 22.2 Å². The van der Waals surface area contributed by atoms with E-state index in [0.717, 1.165) is 12.1 Å². The molecule has 0 spiro atoms. The maximum absolute atomic E-state index is 13.1. The molecule has 2 aromatic carbocycles. The van der Waals surface area contributed by atoms with E-state index in [9.17, 15) is 17.6 Å². The van der Waals surface area contributed by atoms with E-state index in [1.807, 2.05) is 0 Å². The van der Waals surface area contributed by atoms with Crippen molar-refractivity contribution in [3.05, 3.63) is 59.9 Å². The fourth-order valence-electron chi connectivity index (χ4n) is 2.56. The van der Waals surface area contributed by atoms with E-state index >= 15 is 0 Å². The van der Waals surface area contributed by atoms with Crippen molar-refractivity contribution in [3.63, 3.8) is 0 Å². The minimum atomic E-state index is -4.41. The number of methoxy groups -OCH3 is 1. The van der Waals surface area contributed by atoms with Crippen LogP contribution in [0.2, 0.25) is 0 Å². The van der Waals surface area contributed by atoms with E-state index in [0.29, 0.717) is 22.2 Å². The zero-order chi connectivity index (χ0) is 16.6. The fraction of sp³-hybridized carbons (Fsp3) is 0.176. The summed E-state index contributed by atoms with van der Waals surface area (Å²) in [5, 5.41) is 0.661. The maximum Gasteiger partial charge on any atom is 0.416 e. The molecule has 2 nitrogen and oxygen atoms in total. The number of benzene rings is 2. The van der Waals surface area contributed by atoms with Gasteiger partial charge in [0.15, 0.2) is 0 Å². The molecule has 0 saturated carbocycles. The van der Waals surface area contributed by atoms with Crippen LogP contribution < -0.4 is 0 Å². The third-order valence-corrected chi connectivity index (χ3v) is 3.63. The lowest BCUT2D eigenvalue weighted by Gasteiger charge is -2.11. The third kappa shape index (κ3) is 2.94. The number of aromatic nitrogens is 1. The van der Waals surface area contributed by atoms with Crippen molar-refractivity contribution >= 4 is 10.9 Å². The molecule has 1 aromatic heterocycles. The summed E-state index contributed by atoms with van der Waals surface area (Å²) < 4.78 is 58.6. The Morgan fingerprint density at radius 2 is 1.70 bits per heavy atom. The molecule has 0 bridgehead atoms. The highest BCUT2D eigenvalue weighted by atomic mass is 19.4. The van der Waals surface area contributed by atoms with Crippen molar-refractivity contribution in [3.8, 4) is 11.3 Å². The monoisotopic (exact) mass is 323 g/mol. The van der Waals surface area contributed by atoms with Crippen molar-refractivity contribution in [1.82, 2.24) is 4.57 Å². The van der Waals surface area contributed by atoms with Crippen molar-refractivity contribution in [2.24, 2.45) is 0 Å². The molecule has 0 unspecified atom stereocenters. The van der Waals surface area contributed by atoms with Crippen LogP contribution in [0.5, 0.6) is 0 Å². The van der Waals surface area contributed by atoms with E-state index in [4.69, 9.17) is 4.74 Å². The molecular formula is C17H13F4NO. The van der Waals surface area contributed by atoms with Crippen molar-refractivity contribution in [1.29, 1.82) is 0 Å². The van der Waals surface area contributed by atoms with Gasteiger partial charge >= 0.3 is 6.18 Å². The van der Waals surface area contributed by atoms with Gasteiger partial charge < -0.3 is 9.30 Å². The lowest BCUT2D eigenvalue weighted by atomic mass is 10.1. The quantitative estimate of drug-likeness (QED) is 0.614. The van der Waals surface area contributed by atoms with Crippen LogP contribution in [0, 0.1) is 5.82 Å². The van der Waals surface area contributed by atoms with E-state index in [2.05, 4.69) is 0 Å². The summed E-state index contributed by atoms with van der Waals surface area (Å²) in [5.74, 6) is -0.373. The number of rotatable bonds is 3. The minimum absolute atomic E-state index is 0.0948. The van der Waals surface area contributed by atoms with Gasteiger partial charge in [-0.25, -0.2) is 4.39 Å². The summed E-state index contributed by atoms with van der Waals surface area (Å²) in [6.45, 7) is 0.0948.